The van der Waals surface area contributed by atoms with Crippen molar-refractivity contribution in [2.24, 2.45) is 5.73 Å². The summed E-state index contributed by atoms with van der Waals surface area (Å²) in [6.07, 6.45) is 0. The van der Waals surface area contributed by atoms with E-state index in [9.17, 15) is 4.79 Å². The molecule has 6 heteroatoms. The first-order valence-electron chi connectivity index (χ1n) is 8.99. The van der Waals surface area contributed by atoms with Crippen LogP contribution in [0.25, 0.3) is 10.6 Å². The number of hydrogen-bond donors (Lipinski definition) is 2. The summed E-state index contributed by atoms with van der Waals surface area (Å²) in [6, 6.07) is 17.6. The van der Waals surface area contributed by atoms with Crippen molar-refractivity contribution < 1.29 is 4.79 Å². The number of benzene rings is 2. The van der Waals surface area contributed by atoms with E-state index < -0.39 is 5.54 Å². The first kappa shape index (κ1) is 22.1. The van der Waals surface area contributed by atoms with E-state index in [-0.39, 0.29) is 24.4 Å². The normalized spacial score (nSPS) is 13.9. The molecule has 2 aromatic carbocycles. The van der Waals surface area contributed by atoms with E-state index in [2.05, 4.69) is 36.5 Å². The molecule has 1 aromatic heterocycles. The average Bonchev–Trinajstić information content (AvgIpc) is 3.04. The molecule has 0 aliphatic heterocycles. The summed E-state index contributed by atoms with van der Waals surface area (Å²) in [7, 11) is 0. The van der Waals surface area contributed by atoms with Crippen molar-refractivity contribution >= 4 is 29.7 Å². The van der Waals surface area contributed by atoms with E-state index in [0.29, 0.717) is 0 Å². The minimum absolute atomic E-state index is 0. The molecule has 1 heterocycles. The molecule has 0 fully saturated rings. The first-order chi connectivity index (χ1) is 12.8. The van der Waals surface area contributed by atoms with Gasteiger partial charge in [-0.2, -0.15) is 0 Å². The van der Waals surface area contributed by atoms with Crippen LogP contribution in [0.5, 0.6) is 0 Å². The summed E-state index contributed by atoms with van der Waals surface area (Å²) >= 11 is 1.61. The fourth-order valence-corrected chi connectivity index (χ4v) is 4.03. The molecule has 3 aromatic rings. The maximum atomic E-state index is 12.8. The number of carbonyl (C=O) groups is 1. The fourth-order valence-electron chi connectivity index (χ4n) is 2.96. The molecular weight excluding hydrogens is 390 g/mol. The van der Waals surface area contributed by atoms with Crippen LogP contribution in [-0.2, 0) is 10.3 Å². The molecule has 2 unspecified atom stereocenters. The second-order valence-electron chi connectivity index (χ2n) is 7.10. The molecule has 1 amide bonds. The zero-order valence-corrected chi connectivity index (χ0v) is 18.2. The van der Waals surface area contributed by atoms with Crippen LogP contribution < -0.4 is 11.1 Å². The number of nitrogens with zero attached hydrogens (tertiary/aromatic N) is 1. The number of halogens is 1. The number of carbonyl (C=O) groups excluding carboxylic acids is 1. The summed E-state index contributed by atoms with van der Waals surface area (Å²) in [5.41, 5.74) is 9.27. The lowest BCUT2D eigenvalue weighted by atomic mass is 9.92. The number of nitrogens with two attached hydrogens (primary N) is 1. The highest BCUT2D eigenvalue weighted by Gasteiger charge is 2.32. The van der Waals surface area contributed by atoms with Crippen LogP contribution in [0.15, 0.2) is 54.6 Å². The second kappa shape index (κ2) is 8.86. The summed E-state index contributed by atoms with van der Waals surface area (Å²) < 4.78 is 0. The van der Waals surface area contributed by atoms with Gasteiger partial charge in [0.2, 0.25) is 5.91 Å². The van der Waals surface area contributed by atoms with Gasteiger partial charge in [0, 0.05) is 5.56 Å². The third-order valence-electron chi connectivity index (χ3n) is 4.72. The maximum absolute atomic E-state index is 12.8. The van der Waals surface area contributed by atoms with Crippen molar-refractivity contribution in [2.75, 3.05) is 0 Å². The molecule has 0 aliphatic rings. The van der Waals surface area contributed by atoms with Crippen LogP contribution in [0.4, 0.5) is 0 Å². The van der Waals surface area contributed by atoms with Crippen LogP contribution in [0, 0.1) is 13.8 Å². The van der Waals surface area contributed by atoms with Gasteiger partial charge in [-0.15, -0.1) is 23.7 Å². The van der Waals surface area contributed by atoms with Gasteiger partial charge in [-0.1, -0.05) is 60.2 Å². The Morgan fingerprint density at radius 2 is 1.71 bits per heavy atom. The van der Waals surface area contributed by atoms with Gasteiger partial charge in [0.1, 0.15) is 10.5 Å². The third kappa shape index (κ3) is 4.61. The van der Waals surface area contributed by atoms with Gasteiger partial charge in [-0.05, 0) is 33.3 Å². The van der Waals surface area contributed by atoms with Crippen LogP contribution in [-0.4, -0.2) is 10.9 Å². The Hall–Kier alpha value is -2.21. The van der Waals surface area contributed by atoms with Crippen molar-refractivity contribution in [3.8, 4) is 10.6 Å². The Kier molecular flexibility index (Phi) is 6.99. The number of amides is 1. The van der Waals surface area contributed by atoms with Gasteiger partial charge in [-0.25, -0.2) is 4.98 Å². The Labute approximate surface area is 176 Å². The molecule has 4 nitrogen and oxygen atoms in total. The van der Waals surface area contributed by atoms with Crippen molar-refractivity contribution in [3.63, 3.8) is 0 Å². The molecule has 0 spiro atoms. The first-order valence-corrected chi connectivity index (χ1v) is 9.80. The van der Waals surface area contributed by atoms with Gasteiger partial charge in [0.05, 0.1) is 16.6 Å². The Morgan fingerprint density at radius 1 is 1.11 bits per heavy atom. The number of rotatable bonds is 5. The summed E-state index contributed by atoms with van der Waals surface area (Å²) in [5.74, 6) is -0.203. The molecule has 0 saturated heterocycles. The zero-order valence-electron chi connectivity index (χ0n) is 16.5. The highest BCUT2D eigenvalue weighted by Crippen LogP contribution is 2.32. The van der Waals surface area contributed by atoms with E-state index in [1.807, 2.05) is 44.2 Å². The van der Waals surface area contributed by atoms with Crippen molar-refractivity contribution in [1.29, 1.82) is 0 Å². The van der Waals surface area contributed by atoms with E-state index in [1.165, 1.54) is 5.56 Å². The third-order valence-corrected chi connectivity index (χ3v) is 6.11. The molecule has 28 heavy (non-hydrogen) atoms. The van der Waals surface area contributed by atoms with E-state index in [1.54, 1.807) is 18.3 Å². The highest BCUT2D eigenvalue weighted by atomic mass is 35.5. The van der Waals surface area contributed by atoms with Crippen molar-refractivity contribution in [3.05, 3.63) is 76.3 Å². The molecule has 0 radical (unpaired) electrons. The molecule has 2 atom stereocenters. The Balaban J connectivity index is 0.00000280. The molecule has 0 bridgehead atoms. The summed E-state index contributed by atoms with van der Waals surface area (Å²) in [5, 5.41) is 4.02. The standard InChI is InChI=1S/C22H25N3OS.ClH/c1-14-10-12-17(13-11-14)20-24-15(2)19(27-20)16(3)25-21(26)22(4,23)18-8-6-5-7-9-18;/h5-13,16H,23H2,1-4H3,(H,25,26);1H. The topological polar surface area (TPSA) is 68.0 Å². The van der Waals surface area contributed by atoms with Crippen molar-refractivity contribution in [2.45, 2.75) is 39.3 Å². The monoisotopic (exact) mass is 415 g/mol. The Morgan fingerprint density at radius 3 is 2.32 bits per heavy atom. The number of aromatic nitrogens is 1. The van der Waals surface area contributed by atoms with E-state index >= 15 is 0 Å². The maximum Gasteiger partial charge on any atom is 0.244 e. The van der Waals surface area contributed by atoms with Gasteiger partial charge < -0.3 is 11.1 Å². The predicted molar refractivity (Wildman–Crippen MR) is 119 cm³/mol. The van der Waals surface area contributed by atoms with Gasteiger partial charge in [0.15, 0.2) is 0 Å². The minimum Gasteiger partial charge on any atom is -0.347 e. The van der Waals surface area contributed by atoms with Gasteiger partial charge in [0.25, 0.3) is 0 Å². The SMILES string of the molecule is Cc1ccc(-c2nc(C)c(C(C)NC(=O)C(C)(N)c3ccccc3)s2)cc1.Cl. The predicted octanol–water partition coefficient (Wildman–Crippen LogP) is 4.90. The minimum atomic E-state index is -1.09. The number of aryl methyl sites for hydroxylation is 2. The second-order valence-corrected chi connectivity index (χ2v) is 8.13. The lowest BCUT2D eigenvalue weighted by Gasteiger charge is -2.26. The molecule has 0 saturated carbocycles. The van der Waals surface area contributed by atoms with Crippen LogP contribution >= 0.6 is 23.7 Å². The summed E-state index contributed by atoms with van der Waals surface area (Å²) in [4.78, 5) is 18.6. The average molecular weight is 416 g/mol. The molecule has 148 valence electrons. The highest BCUT2D eigenvalue weighted by molar-refractivity contribution is 7.15. The van der Waals surface area contributed by atoms with Crippen LogP contribution in [0.3, 0.4) is 0 Å². The van der Waals surface area contributed by atoms with Crippen LogP contribution in [0.1, 0.15) is 41.6 Å². The van der Waals surface area contributed by atoms with Crippen molar-refractivity contribution in [1.82, 2.24) is 10.3 Å². The lowest BCUT2D eigenvalue weighted by molar-refractivity contribution is -0.126. The van der Waals surface area contributed by atoms with Gasteiger partial charge in [-0.3, -0.25) is 4.79 Å². The molecular formula is C22H26ClN3OS. The largest absolute Gasteiger partial charge is 0.347 e. The number of hydrogen-bond acceptors (Lipinski definition) is 4. The quantitative estimate of drug-likeness (QED) is 0.622. The van der Waals surface area contributed by atoms with E-state index in [0.717, 1.165) is 26.7 Å². The zero-order chi connectivity index (χ0) is 19.6. The van der Waals surface area contributed by atoms with Crippen LogP contribution in [0.2, 0.25) is 0 Å². The molecule has 0 aliphatic carbocycles. The van der Waals surface area contributed by atoms with Gasteiger partial charge >= 0.3 is 0 Å². The smallest absolute Gasteiger partial charge is 0.244 e. The molecule has 3 N–H and O–H groups in total. The number of thiazole rings is 1. The fraction of sp³-hybridized carbons (Fsp3) is 0.273. The Bertz CT molecular complexity index is 936. The summed E-state index contributed by atoms with van der Waals surface area (Å²) in [6.45, 7) is 7.75. The van der Waals surface area contributed by atoms with E-state index in [4.69, 9.17) is 10.7 Å². The number of nitrogens with one attached hydrogen (secondary N) is 1. The lowest BCUT2D eigenvalue weighted by Crippen LogP contribution is -2.49. The molecule has 3 rings (SSSR count).